The Bertz CT molecular complexity index is 443. The van der Waals surface area contributed by atoms with E-state index in [0.29, 0.717) is 11.8 Å². The van der Waals surface area contributed by atoms with Gasteiger partial charge in [-0.05, 0) is 57.3 Å². The van der Waals surface area contributed by atoms with Gasteiger partial charge < -0.3 is 5.11 Å². The molecule has 19 heavy (non-hydrogen) atoms. The molecule has 0 aromatic carbocycles. The van der Waals surface area contributed by atoms with Crippen LogP contribution in [0.1, 0.15) is 67.2 Å². The molecule has 0 aromatic rings. The maximum Gasteiger partial charge on any atom is 0.0763 e. The molecule has 0 amide bonds. The molecule has 1 heteroatoms. The van der Waals surface area contributed by atoms with Gasteiger partial charge in [-0.1, -0.05) is 38.8 Å². The highest BCUT2D eigenvalue weighted by Crippen LogP contribution is 2.73. The first-order valence-electron chi connectivity index (χ1n) is 8.04. The summed E-state index contributed by atoms with van der Waals surface area (Å²) >= 11 is 0. The highest BCUT2D eigenvalue weighted by Gasteiger charge is 2.71. The first kappa shape index (κ1) is 13.7. The predicted molar refractivity (Wildman–Crippen MR) is 79.8 cm³/mol. The number of hydrogen-bond acceptors (Lipinski definition) is 1. The maximum absolute atomic E-state index is 11.6. The van der Waals surface area contributed by atoms with Crippen LogP contribution in [0.25, 0.3) is 0 Å². The average Bonchev–Trinajstić information content (AvgIpc) is 2.31. The molecule has 4 rings (SSSR count). The highest BCUT2D eigenvalue weighted by atomic mass is 16.3. The molecule has 4 aliphatic rings. The molecular formula is C18H30O. The fourth-order valence-corrected chi connectivity index (χ4v) is 6.14. The van der Waals surface area contributed by atoms with Crippen LogP contribution in [0, 0.1) is 28.6 Å². The summed E-state index contributed by atoms with van der Waals surface area (Å²) in [6.45, 7) is 14.0. The second kappa shape index (κ2) is 3.67. The van der Waals surface area contributed by atoms with Gasteiger partial charge in [-0.3, -0.25) is 0 Å². The predicted octanol–water partition coefficient (Wildman–Crippen LogP) is 4.56. The Morgan fingerprint density at radius 1 is 1.21 bits per heavy atom. The van der Waals surface area contributed by atoms with Crippen LogP contribution in [-0.4, -0.2) is 10.7 Å². The van der Waals surface area contributed by atoms with Crippen molar-refractivity contribution in [2.75, 3.05) is 0 Å². The second-order valence-corrected chi connectivity index (χ2v) is 8.61. The standard InChI is InChI=1S/C18H30O/c1-11(2)13-10-17(6)14-9-15(13)16(4,5)18(17,19)8-7-12(14)3/h12,14-15,19H,7-10H2,1-6H3/t12-,14-,15-,17+,18+/m0/s1. The zero-order valence-electron chi connectivity index (χ0n) is 13.5. The van der Waals surface area contributed by atoms with E-state index in [2.05, 4.69) is 41.5 Å². The Morgan fingerprint density at radius 3 is 2.42 bits per heavy atom. The van der Waals surface area contributed by atoms with Crippen molar-refractivity contribution in [1.29, 1.82) is 0 Å². The number of aliphatic hydroxyl groups is 1. The van der Waals surface area contributed by atoms with Crippen molar-refractivity contribution in [3.8, 4) is 0 Å². The zero-order valence-corrected chi connectivity index (χ0v) is 13.5. The summed E-state index contributed by atoms with van der Waals surface area (Å²) in [5.41, 5.74) is 2.82. The van der Waals surface area contributed by atoms with Gasteiger partial charge in [0.05, 0.1) is 5.60 Å². The van der Waals surface area contributed by atoms with E-state index in [0.717, 1.165) is 18.8 Å². The molecule has 5 atom stereocenters. The van der Waals surface area contributed by atoms with E-state index >= 15 is 0 Å². The largest absolute Gasteiger partial charge is 0.389 e. The second-order valence-electron chi connectivity index (χ2n) is 8.61. The maximum atomic E-state index is 11.6. The van der Waals surface area contributed by atoms with Gasteiger partial charge in [0.25, 0.3) is 0 Å². The molecule has 1 nitrogen and oxygen atoms in total. The first-order valence-corrected chi connectivity index (χ1v) is 8.04. The summed E-state index contributed by atoms with van der Waals surface area (Å²) in [7, 11) is 0. The smallest absolute Gasteiger partial charge is 0.0763 e. The summed E-state index contributed by atoms with van der Waals surface area (Å²) in [5, 5.41) is 11.6. The van der Waals surface area contributed by atoms with Crippen LogP contribution in [-0.2, 0) is 0 Å². The monoisotopic (exact) mass is 262 g/mol. The van der Waals surface area contributed by atoms with Gasteiger partial charge >= 0.3 is 0 Å². The SMILES string of the molecule is CC(C)=C1C[C@]2(C)[C@H]3C[C@@H]1C(C)(C)[C@]2(O)CC[C@@H]3C. The van der Waals surface area contributed by atoms with Crippen LogP contribution in [0.4, 0.5) is 0 Å². The minimum Gasteiger partial charge on any atom is -0.389 e. The van der Waals surface area contributed by atoms with E-state index in [1.54, 1.807) is 5.57 Å². The molecule has 1 N–H and O–H groups in total. The number of fused-ring (bicyclic) bond motifs is 1. The van der Waals surface area contributed by atoms with Gasteiger partial charge in [0.2, 0.25) is 0 Å². The number of rotatable bonds is 0. The van der Waals surface area contributed by atoms with E-state index in [1.165, 1.54) is 18.4 Å². The first-order chi connectivity index (χ1) is 8.65. The zero-order chi connectivity index (χ0) is 14.2. The minimum atomic E-state index is -0.459. The average molecular weight is 262 g/mol. The van der Waals surface area contributed by atoms with Crippen molar-refractivity contribution in [2.24, 2.45) is 28.6 Å². The summed E-state index contributed by atoms with van der Waals surface area (Å²) in [4.78, 5) is 0. The van der Waals surface area contributed by atoms with Crippen molar-refractivity contribution < 1.29 is 5.11 Å². The van der Waals surface area contributed by atoms with Crippen molar-refractivity contribution in [1.82, 2.24) is 0 Å². The number of allylic oxidation sites excluding steroid dienone is 2. The molecular weight excluding hydrogens is 232 g/mol. The molecule has 4 bridgehead atoms. The third kappa shape index (κ3) is 1.36. The normalized spacial score (nSPS) is 51.3. The van der Waals surface area contributed by atoms with Crippen molar-refractivity contribution >= 4 is 0 Å². The fourth-order valence-electron chi connectivity index (χ4n) is 6.14. The minimum absolute atomic E-state index is 0.0310. The van der Waals surface area contributed by atoms with Crippen LogP contribution in [0.5, 0.6) is 0 Å². The summed E-state index contributed by atoms with van der Waals surface area (Å²) in [5.74, 6) is 2.09. The van der Waals surface area contributed by atoms with Crippen LogP contribution in [0.3, 0.4) is 0 Å². The molecule has 108 valence electrons. The van der Waals surface area contributed by atoms with Crippen LogP contribution in [0.15, 0.2) is 11.1 Å². The van der Waals surface area contributed by atoms with Gasteiger partial charge in [0, 0.05) is 10.8 Å². The number of hydrogen-bond donors (Lipinski definition) is 1. The summed E-state index contributed by atoms with van der Waals surface area (Å²) in [6.07, 6.45) is 4.64. The van der Waals surface area contributed by atoms with Crippen LogP contribution >= 0.6 is 0 Å². The molecule has 0 aliphatic heterocycles. The Labute approximate surface area is 118 Å². The van der Waals surface area contributed by atoms with E-state index in [1.807, 2.05) is 0 Å². The molecule has 0 heterocycles. The highest BCUT2D eigenvalue weighted by molar-refractivity contribution is 5.33. The molecule has 4 fully saturated rings. The van der Waals surface area contributed by atoms with Gasteiger partial charge in [-0.2, -0.15) is 0 Å². The van der Waals surface area contributed by atoms with E-state index in [4.69, 9.17) is 0 Å². The van der Waals surface area contributed by atoms with Gasteiger partial charge in [0.15, 0.2) is 0 Å². The van der Waals surface area contributed by atoms with Gasteiger partial charge in [-0.15, -0.1) is 0 Å². The van der Waals surface area contributed by atoms with Crippen LogP contribution in [0.2, 0.25) is 0 Å². The topological polar surface area (TPSA) is 20.2 Å². The van der Waals surface area contributed by atoms with Crippen LogP contribution < -0.4 is 0 Å². The molecule has 0 spiro atoms. The Kier molecular flexibility index (Phi) is 2.64. The molecule has 0 saturated heterocycles. The molecule has 4 aliphatic carbocycles. The summed E-state index contributed by atoms with van der Waals surface area (Å²) < 4.78 is 0. The third-order valence-corrected chi connectivity index (χ3v) is 7.46. The van der Waals surface area contributed by atoms with E-state index in [9.17, 15) is 5.11 Å². The van der Waals surface area contributed by atoms with Gasteiger partial charge in [0.1, 0.15) is 0 Å². The third-order valence-electron chi connectivity index (χ3n) is 7.46. The van der Waals surface area contributed by atoms with E-state index < -0.39 is 5.60 Å². The van der Waals surface area contributed by atoms with E-state index in [-0.39, 0.29) is 10.8 Å². The summed E-state index contributed by atoms with van der Waals surface area (Å²) in [6, 6.07) is 0. The van der Waals surface area contributed by atoms with Crippen molar-refractivity contribution in [3.63, 3.8) is 0 Å². The van der Waals surface area contributed by atoms with Gasteiger partial charge in [-0.25, -0.2) is 0 Å². The Hall–Kier alpha value is -0.300. The van der Waals surface area contributed by atoms with Crippen molar-refractivity contribution in [3.05, 3.63) is 11.1 Å². The van der Waals surface area contributed by atoms with Crippen molar-refractivity contribution in [2.45, 2.75) is 72.8 Å². The lowest BCUT2D eigenvalue weighted by Gasteiger charge is -2.72. The lowest BCUT2D eigenvalue weighted by Crippen LogP contribution is -2.72. The molecule has 0 unspecified atom stereocenters. The molecule has 0 radical (unpaired) electrons. The molecule has 0 aromatic heterocycles. The lowest BCUT2D eigenvalue weighted by molar-refractivity contribution is -0.275. The fraction of sp³-hybridized carbons (Fsp3) is 0.889. The lowest BCUT2D eigenvalue weighted by atomic mass is 9.34. The Balaban J connectivity index is 2.19. The Morgan fingerprint density at radius 2 is 1.84 bits per heavy atom. The quantitative estimate of drug-likeness (QED) is 0.635. The molecule has 4 saturated carbocycles.